The first-order chi connectivity index (χ1) is 13.5. The molecule has 2 aromatic carbocycles. The standard InChI is InChI=1S/C25H31FO3/c1-24(2)13-17(14-25(3,4)15-24)20-11-16(23(27)29-6)7-9-19(20)21-12-18(28-5)8-10-22(21)26/h7-12,17H,13-15H2,1-6H3. The molecule has 0 aromatic heterocycles. The van der Waals surface area contributed by atoms with Crippen molar-refractivity contribution >= 4 is 5.97 Å². The van der Waals surface area contributed by atoms with Crippen LogP contribution in [0.5, 0.6) is 5.75 Å². The zero-order valence-corrected chi connectivity index (χ0v) is 18.3. The monoisotopic (exact) mass is 398 g/mol. The first kappa shape index (κ1) is 21.4. The van der Waals surface area contributed by atoms with E-state index in [1.807, 2.05) is 12.1 Å². The van der Waals surface area contributed by atoms with Gasteiger partial charge in [-0.2, -0.15) is 0 Å². The number of carbonyl (C=O) groups excluding carboxylic acids is 1. The number of benzene rings is 2. The maximum atomic E-state index is 14.8. The van der Waals surface area contributed by atoms with E-state index >= 15 is 0 Å². The van der Waals surface area contributed by atoms with Gasteiger partial charge >= 0.3 is 5.97 Å². The highest BCUT2D eigenvalue weighted by Crippen LogP contribution is 2.53. The summed E-state index contributed by atoms with van der Waals surface area (Å²) in [4.78, 5) is 12.2. The molecule has 1 saturated carbocycles. The second-order valence-electron chi connectivity index (χ2n) is 9.75. The molecule has 3 rings (SSSR count). The molecule has 0 spiro atoms. The second-order valence-corrected chi connectivity index (χ2v) is 9.75. The molecule has 0 saturated heterocycles. The van der Waals surface area contributed by atoms with Crippen molar-refractivity contribution in [2.75, 3.05) is 14.2 Å². The Morgan fingerprint density at radius 2 is 1.62 bits per heavy atom. The number of ether oxygens (including phenoxy) is 2. The van der Waals surface area contributed by atoms with E-state index < -0.39 is 0 Å². The van der Waals surface area contributed by atoms with Gasteiger partial charge in [0.05, 0.1) is 19.8 Å². The molecule has 0 N–H and O–H groups in total. The van der Waals surface area contributed by atoms with E-state index in [1.54, 1.807) is 25.3 Å². The van der Waals surface area contributed by atoms with Gasteiger partial charge in [0.25, 0.3) is 0 Å². The summed E-state index contributed by atoms with van der Waals surface area (Å²) in [5, 5.41) is 0. The number of methoxy groups -OCH3 is 2. The van der Waals surface area contributed by atoms with Crippen LogP contribution in [0, 0.1) is 16.6 Å². The number of hydrogen-bond donors (Lipinski definition) is 0. The minimum absolute atomic E-state index is 0.165. The lowest BCUT2D eigenvalue weighted by atomic mass is 9.59. The van der Waals surface area contributed by atoms with E-state index in [9.17, 15) is 9.18 Å². The number of rotatable bonds is 4. The van der Waals surface area contributed by atoms with Crippen LogP contribution in [0.25, 0.3) is 11.1 Å². The van der Waals surface area contributed by atoms with Crippen molar-refractivity contribution in [3.63, 3.8) is 0 Å². The van der Waals surface area contributed by atoms with Gasteiger partial charge in [-0.3, -0.25) is 0 Å². The lowest BCUT2D eigenvalue weighted by molar-refractivity contribution is 0.0600. The average molecular weight is 399 g/mol. The van der Waals surface area contributed by atoms with Gasteiger partial charge in [0, 0.05) is 5.56 Å². The van der Waals surface area contributed by atoms with Crippen molar-refractivity contribution in [2.24, 2.45) is 10.8 Å². The third-order valence-corrected chi connectivity index (χ3v) is 5.93. The fraction of sp³-hybridized carbons (Fsp3) is 0.480. The van der Waals surface area contributed by atoms with Crippen LogP contribution in [-0.2, 0) is 4.74 Å². The molecule has 1 fully saturated rings. The number of carbonyl (C=O) groups is 1. The van der Waals surface area contributed by atoms with Gasteiger partial charge < -0.3 is 9.47 Å². The Morgan fingerprint density at radius 1 is 0.966 bits per heavy atom. The number of halogens is 1. The lowest BCUT2D eigenvalue weighted by Gasteiger charge is -2.45. The molecule has 1 aliphatic carbocycles. The van der Waals surface area contributed by atoms with E-state index in [0.717, 1.165) is 30.4 Å². The van der Waals surface area contributed by atoms with Crippen molar-refractivity contribution in [1.82, 2.24) is 0 Å². The van der Waals surface area contributed by atoms with Crippen molar-refractivity contribution in [2.45, 2.75) is 52.9 Å². The Morgan fingerprint density at radius 3 is 2.21 bits per heavy atom. The molecule has 4 heteroatoms. The predicted molar refractivity (Wildman–Crippen MR) is 114 cm³/mol. The van der Waals surface area contributed by atoms with Crippen LogP contribution in [0.15, 0.2) is 36.4 Å². The summed E-state index contributed by atoms with van der Waals surface area (Å²) < 4.78 is 25.1. The summed E-state index contributed by atoms with van der Waals surface area (Å²) in [5.41, 5.74) is 3.14. The van der Waals surface area contributed by atoms with Crippen LogP contribution in [-0.4, -0.2) is 20.2 Å². The molecule has 3 nitrogen and oxygen atoms in total. The normalized spacial score (nSPS) is 18.3. The van der Waals surface area contributed by atoms with Crippen LogP contribution in [0.2, 0.25) is 0 Å². The Kier molecular flexibility index (Phi) is 5.75. The van der Waals surface area contributed by atoms with Crippen molar-refractivity contribution < 1.29 is 18.7 Å². The summed E-state index contributed by atoms with van der Waals surface area (Å²) in [6.45, 7) is 9.15. The van der Waals surface area contributed by atoms with Crippen LogP contribution in [0.4, 0.5) is 4.39 Å². The van der Waals surface area contributed by atoms with Gasteiger partial charge in [0.1, 0.15) is 11.6 Å². The summed E-state index contributed by atoms with van der Waals surface area (Å²) in [5.74, 6) is 0.151. The molecule has 0 heterocycles. The third-order valence-electron chi connectivity index (χ3n) is 5.93. The largest absolute Gasteiger partial charge is 0.497 e. The average Bonchev–Trinajstić information content (AvgIpc) is 2.65. The smallest absolute Gasteiger partial charge is 0.337 e. The highest BCUT2D eigenvalue weighted by atomic mass is 19.1. The van der Waals surface area contributed by atoms with E-state index in [4.69, 9.17) is 9.47 Å². The quantitative estimate of drug-likeness (QED) is 0.544. The van der Waals surface area contributed by atoms with Crippen molar-refractivity contribution in [3.8, 4) is 16.9 Å². The van der Waals surface area contributed by atoms with E-state index in [0.29, 0.717) is 16.9 Å². The van der Waals surface area contributed by atoms with Gasteiger partial charge in [-0.25, -0.2) is 9.18 Å². The molecule has 0 atom stereocenters. The van der Waals surface area contributed by atoms with Crippen LogP contribution in [0.1, 0.15) is 68.8 Å². The molecule has 29 heavy (non-hydrogen) atoms. The molecule has 156 valence electrons. The van der Waals surface area contributed by atoms with Gasteiger partial charge in [-0.05, 0) is 77.5 Å². The van der Waals surface area contributed by atoms with Crippen LogP contribution >= 0.6 is 0 Å². The SMILES string of the molecule is COC(=O)c1ccc(-c2cc(OC)ccc2F)c(C2CC(C)(C)CC(C)(C)C2)c1. The topological polar surface area (TPSA) is 35.5 Å². The molecule has 1 aliphatic rings. The number of esters is 1. The summed E-state index contributed by atoms with van der Waals surface area (Å²) in [6.07, 6.45) is 3.11. The zero-order chi connectivity index (χ0) is 21.4. The van der Waals surface area contributed by atoms with Crippen LogP contribution in [0.3, 0.4) is 0 Å². The Labute approximate surface area is 173 Å². The third kappa shape index (κ3) is 4.63. The summed E-state index contributed by atoms with van der Waals surface area (Å²) in [6, 6.07) is 10.2. The fourth-order valence-electron chi connectivity index (χ4n) is 5.29. The molecule has 0 unspecified atom stereocenters. The highest BCUT2D eigenvalue weighted by molar-refractivity contribution is 5.90. The molecular weight excluding hydrogens is 367 g/mol. The van der Waals surface area contributed by atoms with Crippen molar-refractivity contribution in [1.29, 1.82) is 0 Å². The fourth-order valence-corrected chi connectivity index (χ4v) is 5.29. The summed E-state index contributed by atoms with van der Waals surface area (Å²) in [7, 11) is 2.95. The predicted octanol–water partition coefficient (Wildman–Crippen LogP) is 6.61. The van der Waals surface area contributed by atoms with E-state index in [-0.39, 0.29) is 28.5 Å². The molecule has 0 bridgehead atoms. The first-order valence-corrected chi connectivity index (χ1v) is 10.1. The highest BCUT2D eigenvalue weighted by Gasteiger charge is 2.39. The van der Waals surface area contributed by atoms with E-state index in [2.05, 4.69) is 27.7 Å². The molecule has 0 aliphatic heterocycles. The maximum Gasteiger partial charge on any atom is 0.337 e. The van der Waals surface area contributed by atoms with E-state index in [1.165, 1.54) is 13.2 Å². The zero-order valence-electron chi connectivity index (χ0n) is 18.3. The molecular formula is C25H31FO3. The van der Waals surface area contributed by atoms with Gasteiger partial charge in [0.15, 0.2) is 0 Å². The van der Waals surface area contributed by atoms with Gasteiger partial charge in [0.2, 0.25) is 0 Å². The van der Waals surface area contributed by atoms with Crippen LogP contribution < -0.4 is 4.74 Å². The summed E-state index contributed by atoms with van der Waals surface area (Å²) >= 11 is 0. The Hall–Kier alpha value is -2.36. The molecule has 2 aromatic rings. The Balaban J connectivity index is 2.19. The Bertz CT molecular complexity index is 898. The van der Waals surface area contributed by atoms with Gasteiger partial charge in [-0.1, -0.05) is 33.8 Å². The number of hydrogen-bond acceptors (Lipinski definition) is 3. The molecule has 0 amide bonds. The van der Waals surface area contributed by atoms with Crippen molar-refractivity contribution in [3.05, 3.63) is 53.3 Å². The minimum Gasteiger partial charge on any atom is -0.497 e. The second kappa shape index (κ2) is 7.81. The van der Waals surface area contributed by atoms with Gasteiger partial charge in [-0.15, -0.1) is 0 Å². The minimum atomic E-state index is -0.377. The molecule has 0 radical (unpaired) electrons. The maximum absolute atomic E-state index is 14.8. The lowest BCUT2D eigenvalue weighted by Crippen LogP contribution is -2.33. The first-order valence-electron chi connectivity index (χ1n) is 10.1.